The topological polar surface area (TPSA) is 12.0 Å². The van der Waals surface area contributed by atoms with Gasteiger partial charge >= 0.3 is 0 Å². The molecule has 1 unspecified atom stereocenters. The largest absolute Gasteiger partial charge is 0.314 e. The van der Waals surface area contributed by atoms with E-state index in [-0.39, 0.29) is 0 Å². The van der Waals surface area contributed by atoms with E-state index in [1.54, 1.807) is 0 Å². The lowest BCUT2D eigenvalue weighted by molar-refractivity contribution is 0.400. The molecule has 0 spiro atoms. The maximum absolute atomic E-state index is 4.16. The molecular formula is C15H29N. The third-order valence-electron chi connectivity index (χ3n) is 5.01. The first-order chi connectivity index (χ1) is 7.29. The summed E-state index contributed by atoms with van der Waals surface area (Å²) in [6.45, 7) is 19.2. The Bertz CT molecular complexity index is 249. The van der Waals surface area contributed by atoms with Gasteiger partial charge in [-0.15, -0.1) is 0 Å². The van der Waals surface area contributed by atoms with Crippen LogP contribution in [0.1, 0.15) is 54.4 Å². The smallest absolute Gasteiger partial charge is 0.0143 e. The highest BCUT2D eigenvalue weighted by atomic mass is 15.0. The summed E-state index contributed by atoms with van der Waals surface area (Å²) in [7, 11) is 0. The van der Waals surface area contributed by atoms with Gasteiger partial charge in [0.2, 0.25) is 0 Å². The van der Waals surface area contributed by atoms with E-state index in [1.165, 1.54) is 5.57 Å². The van der Waals surface area contributed by atoms with Gasteiger partial charge in [0, 0.05) is 6.04 Å². The summed E-state index contributed by atoms with van der Waals surface area (Å²) in [5.74, 6) is 0.781. The molecular weight excluding hydrogens is 194 g/mol. The van der Waals surface area contributed by atoms with Crippen LogP contribution in [-0.2, 0) is 0 Å². The first kappa shape index (κ1) is 13.8. The Morgan fingerprint density at radius 3 is 2.00 bits per heavy atom. The lowest BCUT2D eigenvalue weighted by Gasteiger charge is -2.21. The van der Waals surface area contributed by atoms with Gasteiger partial charge in [-0.1, -0.05) is 53.7 Å². The van der Waals surface area contributed by atoms with E-state index >= 15 is 0 Å². The van der Waals surface area contributed by atoms with Gasteiger partial charge in [0.1, 0.15) is 0 Å². The quantitative estimate of drug-likeness (QED) is 0.671. The van der Waals surface area contributed by atoms with Crippen molar-refractivity contribution in [1.82, 2.24) is 5.32 Å². The van der Waals surface area contributed by atoms with Crippen LogP contribution in [-0.4, -0.2) is 12.6 Å². The van der Waals surface area contributed by atoms with Crippen LogP contribution in [0.2, 0.25) is 0 Å². The predicted molar refractivity (Wildman–Crippen MR) is 72.6 cm³/mol. The minimum absolute atomic E-state index is 0.466. The van der Waals surface area contributed by atoms with Crippen molar-refractivity contribution in [2.45, 2.75) is 60.4 Å². The molecule has 94 valence electrons. The van der Waals surface area contributed by atoms with E-state index in [1.807, 2.05) is 0 Å². The van der Waals surface area contributed by atoms with E-state index in [9.17, 15) is 0 Å². The molecule has 1 N–H and O–H groups in total. The van der Waals surface area contributed by atoms with Crippen LogP contribution in [0, 0.1) is 16.7 Å². The molecule has 0 amide bonds. The maximum Gasteiger partial charge on any atom is 0.0143 e. The average molecular weight is 223 g/mol. The summed E-state index contributed by atoms with van der Waals surface area (Å²) in [4.78, 5) is 0. The second-order valence-electron chi connectivity index (χ2n) is 6.39. The minimum Gasteiger partial charge on any atom is -0.314 e. The van der Waals surface area contributed by atoms with Gasteiger partial charge in [-0.2, -0.15) is 0 Å². The van der Waals surface area contributed by atoms with Crippen molar-refractivity contribution in [2.24, 2.45) is 16.7 Å². The third-order valence-corrected chi connectivity index (χ3v) is 5.01. The van der Waals surface area contributed by atoms with Crippen LogP contribution in [0.5, 0.6) is 0 Å². The van der Waals surface area contributed by atoms with Gasteiger partial charge < -0.3 is 5.32 Å². The highest BCUT2D eigenvalue weighted by Crippen LogP contribution is 2.70. The Morgan fingerprint density at radius 1 is 1.19 bits per heavy atom. The molecule has 0 aliphatic heterocycles. The lowest BCUT2D eigenvalue weighted by atomic mass is 9.96. The van der Waals surface area contributed by atoms with Crippen LogP contribution in [0.3, 0.4) is 0 Å². The van der Waals surface area contributed by atoms with Crippen LogP contribution in [0.25, 0.3) is 0 Å². The Hall–Kier alpha value is -0.300. The summed E-state index contributed by atoms with van der Waals surface area (Å²) in [5.41, 5.74) is 2.31. The first-order valence-corrected chi connectivity index (χ1v) is 6.69. The molecule has 0 aromatic rings. The molecule has 1 aliphatic carbocycles. The molecule has 1 fully saturated rings. The molecule has 1 heteroatoms. The highest BCUT2D eigenvalue weighted by molar-refractivity contribution is 5.18. The lowest BCUT2D eigenvalue weighted by Crippen LogP contribution is -2.33. The Kier molecular flexibility index (Phi) is 3.89. The third kappa shape index (κ3) is 2.20. The molecule has 1 nitrogen and oxygen atoms in total. The molecule has 0 aromatic carbocycles. The number of hydrogen-bond acceptors (Lipinski definition) is 1. The molecule has 0 saturated heterocycles. The minimum atomic E-state index is 0.466. The van der Waals surface area contributed by atoms with E-state index in [0.717, 1.165) is 25.3 Å². The zero-order chi connectivity index (χ0) is 12.6. The van der Waals surface area contributed by atoms with Crippen LogP contribution >= 0.6 is 0 Å². The molecule has 0 aromatic heterocycles. The summed E-state index contributed by atoms with van der Waals surface area (Å²) < 4.78 is 0. The van der Waals surface area contributed by atoms with Crippen LogP contribution < -0.4 is 5.32 Å². The average Bonchev–Trinajstić information content (AvgIpc) is 2.57. The molecule has 0 radical (unpaired) electrons. The standard InChI is InChI=1S/C15H29N/c1-8-11(3)10-12(16-9-2)13-14(4,5)15(13,6)7/h12-13,16H,3,8-10H2,1-2,4-7H3. The number of hydrogen-bond donors (Lipinski definition) is 1. The predicted octanol–water partition coefficient (Wildman–Crippen LogP) is 4.00. The zero-order valence-electron chi connectivity index (χ0n) is 12.0. The molecule has 0 heterocycles. The molecule has 1 saturated carbocycles. The van der Waals surface area contributed by atoms with Crippen molar-refractivity contribution >= 4 is 0 Å². The normalized spacial score (nSPS) is 24.1. The van der Waals surface area contributed by atoms with Gasteiger partial charge in [0.15, 0.2) is 0 Å². The molecule has 1 rings (SSSR count). The monoisotopic (exact) mass is 223 g/mol. The van der Waals surface area contributed by atoms with E-state index in [2.05, 4.69) is 53.4 Å². The summed E-state index contributed by atoms with van der Waals surface area (Å²) >= 11 is 0. The molecule has 1 atom stereocenters. The van der Waals surface area contributed by atoms with Gasteiger partial charge in [-0.25, -0.2) is 0 Å². The number of rotatable bonds is 6. The summed E-state index contributed by atoms with van der Waals surface area (Å²) in [6, 6.07) is 0.613. The van der Waals surface area contributed by atoms with E-state index < -0.39 is 0 Å². The Morgan fingerprint density at radius 2 is 1.69 bits per heavy atom. The van der Waals surface area contributed by atoms with Crippen molar-refractivity contribution in [3.05, 3.63) is 12.2 Å². The fourth-order valence-corrected chi connectivity index (χ4v) is 3.28. The van der Waals surface area contributed by atoms with Crippen molar-refractivity contribution < 1.29 is 0 Å². The van der Waals surface area contributed by atoms with Crippen molar-refractivity contribution in [2.75, 3.05) is 6.54 Å². The Balaban J connectivity index is 2.70. The van der Waals surface area contributed by atoms with Crippen molar-refractivity contribution in [3.8, 4) is 0 Å². The fraction of sp³-hybridized carbons (Fsp3) is 0.867. The first-order valence-electron chi connectivity index (χ1n) is 6.69. The SMILES string of the molecule is C=C(CC)CC(NCC)C1C(C)(C)C1(C)C. The zero-order valence-corrected chi connectivity index (χ0v) is 12.0. The maximum atomic E-state index is 4.16. The second-order valence-corrected chi connectivity index (χ2v) is 6.39. The highest BCUT2D eigenvalue weighted by Gasteiger charge is 2.66. The van der Waals surface area contributed by atoms with Crippen LogP contribution in [0.15, 0.2) is 12.2 Å². The van der Waals surface area contributed by atoms with Gasteiger partial charge in [0.05, 0.1) is 0 Å². The number of nitrogens with one attached hydrogen (secondary N) is 1. The van der Waals surface area contributed by atoms with Gasteiger partial charge in [-0.05, 0) is 36.1 Å². The summed E-state index contributed by atoms with van der Waals surface area (Å²) in [6.07, 6.45) is 2.25. The van der Waals surface area contributed by atoms with Crippen LogP contribution in [0.4, 0.5) is 0 Å². The molecule has 0 bridgehead atoms. The molecule has 16 heavy (non-hydrogen) atoms. The second kappa shape index (κ2) is 4.52. The Labute approximate surface area is 102 Å². The molecule has 1 aliphatic rings. The van der Waals surface area contributed by atoms with E-state index in [0.29, 0.717) is 16.9 Å². The summed E-state index contributed by atoms with van der Waals surface area (Å²) in [5, 5.41) is 3.66. The van der Waals surface area contributed by atoms with Gasteiger partial charge in [0.25, 0.3) is 0 Å². The van der Waals surface area contributed by atoms with Crippen molar-refractivity contribution in [1.29, 1.82) is 0 Å². The van der Waals surface area contributed by atoms with Crippen molar-refractivity contribution in [3.63, 3.8) is 0 Å². The van der Waals surface area contributed by atoms with Gasteiger partial charge in [-0.3, -0.25) is 0 Å². The van der Waals surface area contributed by atoms with E-state index in [4.69, 9.17) is 0 Å². The fourth-order valence-electron chi connectivity index (χ4n) is 3.28.